The number of rotatable bonds is 4. The summed E-state index contributed by atoms with van der Waals surface area (Å²) in [4.78, 5) is 11.8. The number of phenolic OH excluding ortho intramolecular Hbond substituents is 1. The summed E-state index contributed by atoms with van der Waals surface area (Å²) in [6.45, 7) is 6.13. The fourth-order valence-electron chi connectivity index (χ4n) is 4.84. The van der Waals surface area contributed by atoms with Gasteiger partial charge in [0.15, 0.2) is 0 Å². The molecular formula is C24H29N5O. The van der Waals surface area contributed by atoms with Gasteiger partial charge in [-0.15, -0.1) is 0 Å². The third kappa shape index (κ3) is 3.67. The van der Waals surface area contributed by atoms with Crippen molar-refractivity contribution in [3.8, 4) is 5.75 Å². The van der Waals surface area contributed by atoms with E-state index >= 15 is 0 Å². The van der Waals surface area contributed by atoms with Crippen molar-refractivity contribution in [1.82, 2.24) is 15.3 Å². The second-order valence-corrected chi connectivity index (χ2v) is 8.47. The lowest BCUT2D eigenvalue weighted by Crippen LogP contribution is -2.43. The Kier molecular flexibility index (Phi) is 5.17. The normalized spacial score (nSPS) is 17.6. The number of nitrogens with zero attached hydrogens (tertiary/aromatic N) is 3. The third-order valence-electron chi connectivity index (χ3n) is 6.47. The van der Waals surface area contributed by atoms with Crippen molar-refractivity contribution >= 4 is 28.2 Å². The second-order valence-electron chi connectivity index (χ2n) is 8.47. The quantitative estimate of drug-likeness (QED) is 0.598. The number of benzene rings is 2. The van der Waals surface area contributed by atoms with Crippen molar-refractivity contribution in [1.29, 1.82) is 0 Å². The summed E-state index contributed by atoms with van der Waals surface area (Å²) in [7, 11) is 0. The van der Waals surface area contributed by atoms with E-state index < -0.39 is 0 Å². The van der Waals surface area contributed by atoms with E-state index in [4.69, 9.17) is 4.98 Å². The van der Waals surface area contributed by atoms with Crippen LogP contribution in [0.15, 0.2) is 36.5 Å². The molecule has 30 heavy (non-hydrogen) atoms. The van der Waals surface area contributed by atoms with Crippen LogP contribution < -0.4 is 15.5 Å². The average Bonchev–Trinajstić information content (AvgIpc) is 3.29. The van der Waals surface area contributed by atoms with Crippen LogP contribution in [0.5, 0.6) is 5.75 Å². The highest BCUT2D eigenvalue weighted by molar-refractivity contribution is 5.88. The Labute approximate surface area is 177 Å². The van der Waals surface area contributed by atoms with Gasteiger partial charge >= 0.3 is 0 Å². The Hall–Kier alpha value is -2.86. The van der Waals surface area contributed by atoms with E-state index in [0.717, 1.165) is 66.7 Å². The molecule has 3 aromatic rings. The fourth-order valence-corrected chi connectivity index (χ4v) is 4.84. The average molecular weight is 404 g/mol. The van der Waals surface area contributed by atoms with Gasteiger partial charge in [0.05, 0.1) is 5.52 Å². The number of fused-ring (bicyclic) bond motifs is 1. The lowest BCUT2D eigenvalue weighted by atomic mass is 9.92. The summed E-state index contributed by atoms with van der Waals surface area (Å²) >= 11 is 0. The number of piperazine rings is 1. The summed E-state index contributed by atoms with van der Waals surface area (Å²) in [5, 5.41) is 18.5. The molecule has 0 amide bonds. The van der Waals surface area contributed by atoms with Gasteiger partial charge in [-0.05, 0) is 61.6 Å². The number of aromatic hydroxyl groups is 1. The maximum atomic E-state index is 10.7. The van der Waals surface area contributed by atoms with Gasteiger partial charge in [-0.25, -0.2) is 9.97 Å². The molecule has 2 heterocycles. The highest BCUT2D eigenvalue weighted by Crippen LogP contribution is 2.42. The summed E-state index contributed by atoms with van der Waals surface area (Å²) < 4.78 is 0. The van der Waals surface area contributed by atoms with E-state index in [1.54, 1.807) is 0 Å². The molecule has 1 saturated heterocycles. The highest BCUT2D eigenvalue weighted by atomic mass is 16.3. The number of aryl methyl sites for hydroxylation is 1. The summed E-state index contributed by atoms with van der Waals surface area (Å²) in [5.41, 5.74) is 5.09. The molecule has 5 rings (SSSR count). The zero-order chi connectivity index (χ0) is 20.5. The van der Waals surface area contributed by atoms with Crippen LogP contribution >= 0.6 is 0 Å². The maximum Gasteiger partial charge on any atom is 0.227 e. The Bertz CT molecular complexity index is 1040. The number of anilines is 3. The van der Waals surface area contributed by atoms with Crippen LogP contribution in [0.2, 0.25) is 0 Å². The van der Waals surface area contributed by atoms with E-state index in [1.807, 2.05) is 19.2 Å². The summed E-state index contributed by atoms with van der Waals surface area (Å²) in [6.07, 6.45) is 6.55. The van der Waals surface area contributed by atoms with Gasteiger partial charge in [0, 0.05) is 54.7 Å². The Morgan fingerprint density at radius 1 is 1.10 bits per heavy atom. The first kappa shape index (κ1) is 19.1. The van der Waals surface area contributed by atoms with Crippen LogP contribution in [0.25, 0.3) is 10.9 Å². The molecule has 1 aliphatic carbocycles. The SMILES string of the molecule is Cc1cc(O)c(C2CCCC2)c2nc(Nc3ccc(N4CCNCC4)cc3)ncc12. The molecule has 0 bridgehead atoms. The van der Waals surface area contributed by atoms with Crippen molar-refractivity contribution in [3.63, 3.8) is 0 Å². The molecule has 1 aliphatic heterocycles. The molecule has 6 nitrogen and oxygen atoms in total. The van der Waals surface area contributed by atoms with Crippen molar-refractivity contribution in [2.45, 2.75) is 38.5 Å². The monoisotopic (exact) mass is 403 g/mol. The van der Waals surface area contributed by atoms with Gasteiger partial charge < -0.3 is 20.6 Å². The van der Waals surface area contributed by atoms with E-state index in [2.05, 4.69) is 44.8 Å². The summed E-state index contributed by atoms with van der Waals surface area (Å²) in [6, 6.07) is 10.3. The first-order valence-corrected chi connectivity index (χ1v) is 11.0. The second kappa shape index (κ2) is 8.11. The Morgan fingerprint density at radius 3 is 2.57 bits per heavy atom. The van der Waals surface area contributed by atoms with Crippen LogP contribution in [0.3, 0.4) is 0 Å². The van der Waals surface area contributed by atoms with Crippen LogP contribution in [0.1, 0.15) is 42.7 Å². The molecule has 3 N–H and O–H groups in total. The van der Waals surface area contributed by atoms with Crippen molar-refractivity contribution in [2.75, 3.05) is 36.4 Å². The van der Waals surface area contributed by atoms with E-state index in [-0.39, 0.29) is 0 Å². The van der Waals surface area contributed by atoms with Gasteiger partial charge in [-0.2, -0.15) is 0 Å². The molecule has 0 radical (unpaired) electrons. The zero-order valence-electron chi connectivity index (χ0n) is 17.5. The van der Waals surface area contributed by atoms with Crippen LogP contribution in [0.4, 0.5) is 17.3 Å². The Morgan fingerprint density at radius 2 is 1.83 bits per heavy atom. The van der Waals surface area contributed by atoms with Crippen LogP contribution in [-0.4, -0.2) is 41.3 Å². The van der Waals surface area contributed by atoms with Gasteiger partial charge in [0.25, 0.3) is 0 Å². The van der Waals surface area contributed by atoms with Gasteiger partial charge in [-0.3, -0.25) is 0 Å². The third-order valence-corrected chi connectivity index (χ3v) is 6.47. The minimum atomic E-state index is 0.372. The zero-order valence-corrected chi connectivity index (χ0v) is 17.5. The minimum absolute atomic E-state index is 0.372. The number of hydrogen-bond acceptors (Lipinski definition) is 6. The topological polar surface area (TPSA) is 73.3 Å². The summed E-state index contributed by atoms with van der Waals surface area (Å²) in [5.74, 6) is 1.33. The first-order valence-electron chi connectivity index (χ1n) is 11.0. The number of hydrogen-bond donors (Lipinski definition) is 3. The predicted octanol–water partition coefficient (Wildman–Crippen LogP) is 4.45. The molecule has 1 aromatic heterocycles. The van der Waals surface area contributed by atoms with E-state index in [1.165, 1.54) is 18.5 Å². The Balaban J connectivity index is 1.44. The minimum Gasteiger partial charge on any atom is -0.508 e. The molecule has 1 saturated carbocycles. The van der Waals surface area contributed by atoms with Gasteiger partial charge in [0.2, 0.25) is 5.95 Å². The van der Waals surface area contributed by atoms with Gasteiger partial charge in [0.1, 0.15) is 5.75 Å². The largest absolute Gasteiger partial charge is 0.508 e. The van der Waals surface area contributed by atoms with Gasteiger partial charge in [-0.1, -0.05) is 12.8 Å². The molecule has 0 spiro atoms. The number of aromatic nitrogens is 2. The molecule has 2 aromatic carbocycles. The van der Waals surface area contributed by atoms with Crippen LogP contribution in [-0.2, 0) is 0 Å². The van der Waals surface area contributed by atoms with Crippen molar-refractivity contribution in [2.24, 2.45) is 0 Å². The predicted molar refractivity (Wildman–Crippen MR) is 122 cm³/mol. The standard InChI is InChI=1S/C24H29N5O/c1-16-14-21(30)22(17-4-2-3-5-17)23-20(16)15-26-24(28-23)27-18-6-8-19(9-7-18)29-12-10-25-11-13-29/h6-9,14-15,17,25,30H,2-5,10-13H2,1H3,(H,26,27,28). The highest BCUT2D eigenvalue weighted by Gasteiger charge is 2.24. The molecular weight excluding hydrogens is 374 g/mol. The molecule has 0 unspecified atom stereocenters. The number of nitrogens with one attached hydrogen (secondary N) is 2. The molecule has 0 atom stereocenters. The van der Waals surface area contributed by atoms with Crippen molar-refractivity contribution in [3.05, 3.63) is 47.7 Å². The lowest BCUT2D eigenvalue weighted by Gasteiger charge is -2.29. The van der Waals surface area contributed by atoms with Crippen molar-refractivity contribution < 1.29 is 5.11 Å². The molecule has 6 heteroatoms. The maximum absolute atomic E-state index is 10.7. The smallest absolute Gasteiger partial charge is 0.227 e. The molecule has 156 valence electrons. The fraction of sp³-hybridized carbons (Fsp3) is 0.417. The molecule has 2 fully saturated rings. The van der Waals surface area contributed by atoms with E-state index in [0.29, 0.717) is 17.6 Å². The van der Waals surface area contributed by atoms with Crippen LogP contribution in [0, 0.1) is 6.92 Å². The molecule has 2 aliphatic rings. The first-order chi connectivity index (χ1) is 14.7. The van der Waals surface area contributed by atoms with E-state index in [9.17, 15) is 5.11 Å². The number of phenols is 1. The lowest BCUT2D eigenvalue weighted by molar-refractivity contribution is 0.462.